The van der Waals surface area contributed by atoms with Crippen molar-refractivity contribution in [3.63, 3.8) is 0 Å². The summed E-state index contributed by atoms with van der Waals surface area (Å²) in [6, 6.07) is 11.8. The highest BCUT2D eigenvalue weighted by Crippen LogP contribution is 2.41. The van der Waals surface area contributed by atoms with E-state index in [-0.39, 0.29) is 0 Å². The van der Waals surface area contributed by atoms with Gasteiger partial charge in [-0.2, -0.15) is 0 Å². The largest absolute Gasteiger partial charge is 0.305 e. The van der Waals surface area contributed by atoms with Gasteiger partial charge in [0, 0.05) is 23.5 Å². The molecule has 3 atom stereocenters. The second-order valence-corrected chi connectivity index (χ2v) is 5.54. The standard InChI is InChI=1S/C14H16N2S/c1-10(14-15-7-8-17-14)16-13-9-12(13)11-5-3-2-4-6-11/h2-8,10,12-13,16H,9H2,1H3. The molecule has 0 aliphatic heterocycles. The smallest absolute Gasteiger partial charge is 0.109 e. The first-order valence-electron chi connectivity index (χ1n) is 6.05. The lowest BCUT2D eigenvalue weighted by atomic mass is 10.1. The Labute approximate surface area is 106 Å². The van der Waals surface area contributed by atoms with Gasteiger partial charge >= 0.3 is 0 Å². The van der Waals surface area contributed by atoms with Gasteiger partial charge in [0.05, 0.1) is 6.04 Å². The van der Waals surface area contributed by atoms with Crippen LogP contribution in [-0.4, -0.2) is 11.0 Å². The lowest BCUT2D eigenvalue weighted by Crippen LogP contribution is -2.21. The van der Waals surface area contributed by atoms with Crippen LogP contribution >= 0.6 is 11.3 Å². The van der Waals surface area contributed by atoms with Crippen molar-refractivity contribution in [2.45, 2.75) is 31.3 Å². The second-order valence-electron chi connectivity index (χ2n) is 4.62. The van der Waals surface area contributed by atoms with Crippen molar-refractivity contribution in [3.8, 4) is 0 Å². The zero-order chi connectivity index (χ0) is 11.7. The Hall–Kier alpha value is -1.19. The van der Waals surface area contributed by atoms with E-state index in [1.165, 1.54) is 17.0 Å². The van der Waals surface area contributed by atoms with E-state index in [1.54, 1.807) is 11.3 Å². The molecule has 1 aromatic heterocycles. The molecule has 1 saturated carbocycles. The first-order chi connectivity index (χ1) is 8.34. The maximum Gasteiger partial charge on any atom is 0.109 e. The average Bonchev–Trinajstić information content (AvgIpc) is 2.92. The Morgan fingerprint density at radius 3 is 2.88 bits per heavy atom. The summed E-state index contributed by atoms with van der Waals surface area (Å²) in [6.45, 7) is 2.19. The SMILES string of the molecule is CC(NC1CC1c1ccccc1)c1nccs1. The Morgan fingerprint density at radius 2 is 2.18 bits per heavy atom. The average molecular weight is 244 g/mol. The summed E-state index contributed by atoms with van der Waals surface area (Å²) in [5, 5.41) is 6.87. The van der Waals surface area contributed by atoms with Crippen molar-refractivity contribution in [2.75, 3.05) is 0 Å². The molecule has 2 nitrogen and oxygen atoms in total. The highest BCUT2D eigenvalue weighted by Gasteiger charge is 2.39. The number of thiazole rings is 1. The van der Waals surface area contributed by atoms with E-state index in [1.807, 2.05) is 11.6 Å². The van der Waals surface area contributed by atoms with Crippen molar-refractivity contribution < 1.29 is 0 Å². The minimum atomic E-state index is 0.369. The first-order valence-corrected chi connectivity index (χ1v) is 6.93. The predicted molar refractivity (Wildman–Crippen MR) is 71.3 cm³/mol. The Balaban J connectivity index is 1.59. The highest BCUT2D eigenvalue weighted by molar-refractivity contribution is 7.09. The topological polar surface area (TPSA) is 24.9 Å². The Kier molecular flexibility index (Phi) is 2.95. The van der Waals surface area contributed by atoms with Crippen LogP contribution in [0.15, 0.2) is 41.9 Å². The molecule has 0 amide bonds. The highest BCUT2D eigenvalue weighted by atomic mass is 32.1. The fraction of sp³-hybridized carbons (Fsp3) is 0.357. The fourth-order valence-electron chi connectivity index (χ4n) is 2.29. The van der Waals surface area contributed by atoms with Gasteiger partial charge in [-0.1, -0.05) is 30.3 Å². The van der Waals surface area contributed by atoms with E-state index in [0.717, 1.165) is 0 Å². The van der Waals surface area contributed by atoms with Crippen LogP contribution in [0.25, 0.3) is 0 Å². The molecule has 2 aromatic rings. The Morgan fingerprint density at radius 1 is 1.35 bits per heavy atom. The van der Waals surface area contributed by atoms with E-state index in [2.05, 4.69) is 47.6 Å². The minimum absolute atomic E-state index is 0.369. The van der Waals surface area contributed by atoms with Gasteiger partial charge in [-0.05, 0) is 18.9 Å². The molecule has 1 N–H and O–H groups in total. The number of aromatic nitrogens is 1. The molecule has 1 heterocycles. The van der Waals surface area contributed by atoms with Crippen LogP contribution in [0.5, 0.6) is 0 Å². The first kappa shape index (κ1) is 10.9. The monoisotopic (exact) mass is 244 g/mol. The third kappa shape index (κ3) is 2.40. The van der Waals surface area contributed by atoms with E-state index in [4.69, 9.17) is 0 Å². The number of hydrogen-bond donors (Lipinski definition) is 1. The molecule has 1 aliphatic rings. The maximum absolute atomic E-state index is 4.35. The van der Waals surface area contributed by atoms with Crippen molar-refractivity contribution in [3.05, 3.63) is 52.5 Å². The van der Waals surface area contributed by atoms with Crippen LogP contribution < -0.4 is 5.32 Å². The van der Waals surface area contributed by atoms with Crippen LogP contribution in [-0.2, 0) is 0 Å². The van der Waals surface area contributed by atoms with Gasteiger partial charge in [0.1, 0.15) is 5.01 Å². The number of rotatable bonds is 4. The normalized spacial score (nSPS) is 24.5. The molecule has 0 spiro atoms. The summed E-state index contributed by atoms with van der Waals surface area (Å²) in [5.74, 6) is 0.693. The van der Waals surface area contributed by atoms with Crippen molar-refractivity contribution in [1.29, 1.82) is 0 Å². The predicted octanol–water partition coefficient (Wildman–Crippen LogP) is 3.35. The van der Waals surface area contributed by atoms with Gasteiger partial charge < -0.3 is 5.32 Å². The molecule has 0 radical (unpaired) electrons. The van der Waals surface area contributed by atoms with E-state index in [9.17, 15) is 0 Å². The molecular weight excluding hydrogens is 228 g/mol. The molecule has 1 fully saturated rings. The summed E-state index contributed by atoms with van der Waals surface area (Å²) in [5.41, 5.74) is 1.45. The van der Waals surface area contributed by atoms with Crippen LogP contribution in [0.4, 0.5) is 0 Å². The van der Waals surface area contributed by atoms with Crippen LogP contribution in [0.2, 0.25) is 0 Å². The van der Waals surface area contributed by atoms with Gasteiger partial charge in [0.15, 0.2) is 0 Å². The van der Waals surface area contributed by atoms with Crippen molar-refractivity contribution in [1.82, 2.24) is 10.3 Å². The van der Waals surface area contributed by atoms with Crippen LogP contribution in [0.1, 0.15) is 35.9 Å². The molecule has 3 rings (SSSR count). The molecule has 1 aliphatic carbocycles. The number of nitrogens with zero attached hydrogens (tertiary/aromatic N) is 1. The number of hydrogen-bond acceptors (Lipinski definition) is 3. The molecule has 0 bridgehead atoms. The van der Waals surface area contributed by atoms with Crippen LogP contribution in [0.3, 0.4) is 0 Å². The molecular formula is C14H16N2S. The van der Waals surface area contributed by atoms with Crippen molar-refractivity contribution in [2.24, 2.45) is 0 Å². The third-order valence-corrected chi connectivity index (χ3v) is 4.26. The van der Waals surface area contributed by atoms with Crippen molar-refractivity contribution >= 4 is 11.3 Å². The zero-order valence-electron chi connectivity index (χ0n) is 9.84. The molecule has 88 valence electrons. The summed E-state index contributed by atoms with van der Waals surface area (Å²) < 4.78 is 0. The second kappa shape index (κ2) is 4.59. The van der Waals surface area contributed by atoms with Gasteiger partial charge in [0.2, 0.25) is 0 Å². The van der Waals surface area contributed by atoms with E-state index >= 15 is 0 Å². The van der Waals surface area contributed by atoms with Gasteiger partial charge in [-0.3, -0.25) is 0 Å². The molecule has 3 heteroatoms. The molecule has 1 aromatic carbocycles. The lowest BCUT2D eigenvalue weighted by molar-refractivity contribution is 0.560. The zero-order valence-corrected chi connectivity index (χ0v) is 10.7. The fourth-order valence-corrected chi connectivity index (χ4v) is 2.94. The van der Waals surface area contributed by atoms with Gasteiger partial charge in [-0.25, -0.2) is 4.98 Å². The molecule has 3 unspecified atom stereocenters. The summed E-state index contributed by atoms with van der Waals surface area (Å²) in [7, 11) is 0. The van der Waals surface area contributed by atoms with Gasteiger partial charge in [-0.15, -0.1) is 11.3 Å². The molecule has 17 heavy (non-hydrogen) atoms. The third-order valence-electron chi connectivity index (χ3n) is 3.30. The van der Waals surface area contributed by atoms with Crippen LogP contribution in [0, 0.1) is 0 Å². The lowest BCUT2D eigenvalue weighted by Gasteiger charge is -2.10. The quantitative estimate of drug-likeness (QED) is 0.892. The minimum Gasteiger partial charge on any atom is -0.305 e. The maximum atomic E-state index is 4.35. The number of benzene rings is 1. The number of nitrogens with one attached hydrogen (secondary N) is 1. The summed E-state index contributed by atoms with van der Waals surface area (Å²) >= 11 is 1.72. The summed E-state index contributed by atoms with van der Waals surface area (Å²) in [4.78, 5) is 4.35. The molecule has 0 saturated heterocycles. The van der Waals surface area contributed by atoms with E-state index in [0.29, 0.717) is 18.0 Å². The van der Waals surface area contributed by atoms with Gasteiger partial charge in [0.25, 0.3) is 0 Å². The summed E-state index contributed by atoms with van der Waals surface area (Å²) in [6.07, 6.45) is 3.12. The Bertz CT molecular complexity index is 466. The van der Waals surface area contributed by atoms with E-state index < -0.39 is 0 Å².